The molecule has 2 heterocycles. The summed E-state index contributed by atoms with van der Waals surface area (Å²) in [6.45, 7) is 3.23. The molecule has 3 rings (SSSR count). The number of benzene rings is 1. The molecule has 1 aromatic carbocycles. The molecule has 1 aliphatic heterocycles. The maximum absolute atomic E-state index is 12.2. The summed E-state index contributed by atoms with van der Waals surface area (Å²) < 4.78 is 1.55. The molecule has 0 spiro atoms. The zero-order valence-electron chi connectivity index (χ0n) is 10.4. The van der Waals surface area contributed by atoms with Crippen molar-refractivity contribution in [3.05, 3.63) is 36.2 Å². The Hall–Kier alpha value is -2.28. The van der Waals surface area contributed by atoms with Crippen LogP contribution in [0, 0.1) is 0 Å². The first kappa shape index (κ1) is 11.8. The number of hydrogen-bond acceptors (Lipinski definition) is 5. The number of hydrogen-bond donors (Lipinski definition) is 1. The quantitative estimate of drug-likeness (QED) is 0.801. The number of amides is 1. The number of rotatable bonds is 2. The molecule has 1 aromatic heterocycles. The molecule has 0 radical (unpaired) electrons. The summed E-state index contributed by atoms with van der Waals surface area (Å²) in [4.78, 5) is 14.1. The van der Waals surface area contributed by atoms with Crippen LogP contribution in [-0.4, -0.2) is 57.2 Å². The van der Waals surface area contributed by atoms with Gasteiger partial charge in [0.05, 0.1) is 5.69 Å². The fourth-order valence-electron chi connectivity index (χ4n) is 2.09. The summed E-state index contributed by atoms with van der Waals surface area (Å²) in [5.74, 6) is 0.0739. The highest BCUT2D eigenvalue weighted by molar-refractivity contribution is 5.94. The lowest BCUT2D eigenvalue weighted by Crippen LogP contribution is -2.46. The van der Waals surface area contributed by atoms with Gasteiger partial charge in [0.25, 0.3) is 5.91 Å². The molecule has 1 amide bonds. The minimum Gasteiger partial charge on any atom is -0.336 e. The monoisotopic (exact) mass is 258 g/mol. The highest BCUT2D eigenvalue weighted by atomic mass is 16.2. The van der Waals surface area contributed by atoms with Gasteiger partial charge in [0, 0.05) is 31.7 Å². The summed E-state index contributed by atoms with van der Waals surface area (Å²) in [5.41, 5.74) is 1.53. The summed E-state index contributed by atoms with van der Waals surface area (Å²) in [6.07, 6.45) is 1.52. The average Bonchev–Trinajstić information content (AvgIpc) is 3.02. The third kappa shape index (κ3) is 2.45. The van der Waals surface area contributed by atoms with Crippen LogP contribution in [-0.2, 0) is 0 Å². The van der Waals surface area contributed by atoms with E-state index >= 15 is 0 Å². The molecule has 0 saturated carbocycles. The number of piperazine rings is 1. The topological polar surface area (TPSA) is 75.9 Å². The molecule has 0 bridgehead atoms. The fourth-order valence-corrected chi connectivity index (χ4v) is 2.09. The van der Waals surface area contributed by atoms with Crippen LogP contribution in [0.15, 0.2) is 30.6 Å². The van der Waals surface area contributed by atoms with Crippen LogP contribution >= 0.6 is 0 Å². The second-order valence-corrected chi connectivity index (χ2v) is 4.34. The Kier molecular flexibility index (Phi) is 3.20. The van der Waals surface area contributed by atoms with Crippen LogP contribution < -0.4 is 5.32 Å². The Morgan fingerprint density at radius 2 is 1.89 bits per heavy atom. The lowest BCUT2D eigenvalue weighted by molar-refractivity contribution is 0.0736. The molecule has 0 unspecified atom stereocenters. The van der Waals surface area contributed by atoms with Crippen molar-refractivity contribution in [2.75, 3.05) is 26.2 Å². The molecule has 19 heavy (non-hydrogen) atoms. The average molecular weight is 258 g/mol. The third-order valence-corrected chi connectivity index (χ3v) is 3.13. The Labute approximate surface area is 110 Å². The highest BCUT2D eigenvalue weighted by Crippen LogP contribution is 2.10. The summed E-state index contributed by atoms with van der Waals surface area (Å²) in [7, 11) is 0. The number of aromatic nitrogens is 4. The second kappa shape index (κ2) is 5.15. The second-order valence-electron chi connectivity index (χ2n) is 4.34. The third-order valence-electron chi connectivity index (χ3n) is 3.13. The SMILES string of the molecule is O=C(c1ccc(-n2cnnn2)cc1)N1CCNCC1. The first-order chi connectivity index (χ1) is 9.34. The fraction of sp³-hybridized carbons (Fsp3) is 0.333. The molecule has 0 aliphatic carbocycles. The summed E-state index contributed by atoms with van der Waals surface area (Å²) >= 11 is 0. The highest BCUT2D eigenvalue weighted by Gasteiger charge is 2.17. The standard InChI is InChI=1S/C12H14N6O/c19-12(17-7-5-13-6-8-17)10-1-3-11(4-2-10)18-9-14-15-16-18/h1-4,9,13H,5-8H2. The molecule has 7 heteroatoms. The van der Waals surface area contributed by atoms with Crippen LogP contribution in [0.4, 0.5) is 0 Å². The van der Waals surface area contributed by atoms with E-state index in [1.54, 1.807) is 16.8 Å². The largest absolute Gasteiger partial charge is 0.336 e. The van der Waals surface area contributed by atoms with Gasteiger partial charge >= 0.3 is 0 Å². The Balaban J connectivity index is 1.76. The van der Waals surface area contributed by atoms with Crippen LogP contribution in [0.3, 0.4) is 0 Å². The van der Waals surface area contributed by atoms with Gasteiger partial charge in [-0.15, -0.1) is 5.10 Å². The number of carbonyl (C=O) groups excluding carboxylic acids is 1. The molecule has 1 aliphatic rings. The van der Waals surface area contributed by atoms with E-state index in [2.05, 4.69) is 20.8 Å². The van der Waals surface area contributed by atoms with Gasteiger partial charge in [0.2, 0.25) is 0 Å². The van der Waals surface area contributed by atoms with Crippen molar-refractivity contribution < 1.29 is 4.79 Å². The summed E-state index contributed by atoms with van der Waals surface area (Å²) in [6, 6.07) is 7.29. The van der Waals surface area contributed by atoms with E-state index in [1.807, 2.05) is 17.0 Å². The van der Waals surface area contributed by atoms with E-state index in [0.29, 0.717) is 5.56 Å². The van der Waals surface area contributed by atoms with Gasteiger partial charge < -0.3 is 10.2 Å². The van der Waals surface area contributed by atoms with E-state index in [9.17, 15) is 4.79 Å². The summed E-state index contributed by atoms with van der Waals surface area (Å²) in [5, 5.41) is 14.2. The van der Waals surface area contributed by atoms with E-state index in [4.69, 9.17) is 0 Å². The Morgan fingerprint density at radius 3 is 2.53 bits per heavy atom. The lowest BCUT2D eigenvalue weighted by Gasteiger charge is -2.27. The van der Waals surface area contributed by atoms with Crippen molar-refractivity contribution in [2.45, 2.75) is 0 Å². The van der Waals surface area contributed by atoms with Gasteiger partial charge in [-0.2, -0.15) is 0 Å². The van der Waals surface area contributed by atoms with Crippen LogP contribution in [0.2, 0.25) is 0 Å². The molecule has 1 saturated heterocycles. The van der Waals surface area contributed by atoms with Crippen molar-refractivity contribution in [1.29, 1.82) is 0 Å². The van der Waals surface area contributed by atoms with E-state index in [1.165, 1.54) is 6.33 Å². The number of nitrogens with one attached hydrogen (secondary N) is 1. The Morgan fingerprint density at radius 1 is 1.16 bits per heavy atom. The van der Waals surface area contributed by atoms with Gasteiger partial charge in [-0.05, 0) is 34.7 Å². The van der Waals surface area contributed by atoms with E-state index < -0.39 is 0 Å². The maximum atomic E-state index is 12.2. The number of nitrogens with zero attached hydrogens (tertiary/aromatic N) is 5. The molecular formula is C12H14N6O. The van der Waals surface area contributed by atoms with Crippen LogP contribution in [0.5, 0.6) is 0 Å². The predicted octanol–water partition coefficient (Wildman–Crippen LogP) is -0.292. The normalized spacial score (nSPS) is 15.5. The zero-order chi connectivity index (χ0) is 13.1. The van der Waals surface area contributed by atoms with E-state index in [-0.39, 0.29) is 5.91 Å². The minimum atomic E-state index is 0.0739. The van der Waals surface area contributed by atoms with Crippen LogP contribution in [0.1, 0.15) is 10.4 Å². The van der Waals surface area contributed by atoms with Gasteiger partial charge in [0.1, 0.15) is 6.33 Å². The van der Waals surface area contributed by atoms with E-state index in [0.717, 1.165) is 31.9 Å². The first-order valence-electron chi connectivity index (χ1n) is 6.18. The van der Waals surface area contributed by atoms with Crippen molar-refractivity contribution in [3.8, 4) is 5.69 Å². The van der Waals surface area contributed by atoms with Gasteiger partial charge in [-0.1, -0.05) is 0 Å². The van der Waals surface area contributed by atoms with Crippen molar-refractivity contribution >= 4 is 5.91 Å². The maximum Gasteiger partial charge on any atom is 0.253 e. The van der Waals surface area contributed by atoms with Gasteiger partial charge in [-0.25, -0.2) is 4.68 Å². The Bertz CT molecular complexity index is 544. The molecule has 7 nitrogen and oxygen atoms in total. The lowest BCUT2D eigenvalue weighted by atomic mass is 10.1. The predicted molar refractivity (Wildman–Crippen MR) is 67.9 cm³/mol. The molecule has 1 N–H and O–H groups in total. The van der Waals surface area contributed by atoms with Crippen molar-refractivity contribution in [2.24, 2.45) is 0 Å². The number of tetrazole rings is 1. The molecule has 98 valence electrons. The minimum absolute atomic E-state index is 0.0739. The number of carbonyl (C=O) groups is 1. The van der Waals surface area contributed by atoms with Crippen LogP contribution in [0.25, 0.3) is 5.69 Å². The molecular weight excluding hydrogens is 244 g/mol. The van der Waals surface area contributed by atoms with Crippen molar-refractivity contribution in [3.63, 3.8) is 0 Å². The van der Waals surface area contributed by atoms with Gasteiger partial charge in [0.15, 0.2) is 0 Å². The molecule has 2 aromatic rings. The molecule has 0 atom stereocenters. The smallest absolute Gasteiger partial charge is 0.253 e. The van der Waals surface area contributed by atoms with Gasteiger partial charge in [-0.3, -0.25) is 4.79 Å². The van der Waals surface area contributed by atoms with Crippen molar-refractivity contribution in [1.82, 2.24) is 30.4 Å². The first-order valence-corrected chi connectivity index (χ1v) is 6.18. The zero-order valence-corrected chi connectivity index (χ0v) is 10.4. The molecule has 1 fully saturated rings.